The van der Waals surface area contributed by atoms with E-state index in [0.717, 1.165) is 6.07 Å². The zero-order valence-electron chi connectivity index (χ0n) is 11.1. The molecule has 0 aliphatic rings. The maximum absolute atomic E-state index is 11.1. The molecule has 6 nitrogen and oxygen atoms in total. The number of benzene rings is 2. The molecule has 104 valence electrons. The van der Waals surface area contributed by atoms with Gasteiger partial charge in [0.2, 0.25) is 0 Å². The molecule has 0 saturated carbocycles. The molecule has 0 saturated heterocycles. The molecule has 0 radical (unpaired) electrons. The topological polar surface area (TPSA) is 114 Å². The molecule has 0 bridgehead atoms. The molecule has 0 aliphatic heterocycles. The van der Waals surface area contributed by atoms with Crippen molar-refractivity contribution in [3.8, 4) is 0 Å². The van der Waals surface area contributed by atoms with Gasteiger partial charge < -0.3 is 9.11 Å². The van der Waals surface area contributed by atoms with Crippen LogP contribution in [0, 0.1) is 0 Å². The third kappa shape index (κ3) is 6.48. The zero-order chi connectivity index (χ0) is 13.6. The number of hydrogen-bond donors (Lipinski definition) is 0. The van der Waals surface area contributed by atoms with E-state index in [1.54, 1.807) is 0 Å². The summed E-state index contributed by atoms with van der Waals surface area (Å²) in [5, 5.41) is 0.281. The molecule has 2 aromatic carbocycles. The Hall–Kier alpha value is 2.08. The molecule has 0 atom stereocenters. The fraction of sp³-hybridized carbons (Fsp3) is 0. The van der Waals surface area contributed by atoms with Crippen molar-refractivity contribution in [2.75, 3.05) is 0 Å². The summed E-state index contributed by atoms with van der Waals surface area (Å²) in [4.78, 5) is -1.45. The first-order chi connectivity index (χ1) is 8.19. The van der Waals surface area contributed by atoms with Gasteiger partial charge in [-0.3, -0.25) is 0 Å². The van der Waals surface area contributed by atoms with Gasteiger partial charge >= 0.3 is 103 Å². The van der Waals surface area contributed by atoms with E-state index in [2.05, 4.69) is 0 Å². The van der Waals surface area contributed by atoms with Gasteiger partial charge in [-0.05, 0) is 22.9 Å². The predicted molar refractivity (Wildman–Crippen MR) is 67.1 cm³/mol. The van der Waals surface area contributed by atoms with Crippen LogP contribution in [0.4, 0.5) is 0 Å². The van der Waals surface area contributed by atoms with Crippen LogP contribution in [-0.2, 0) is 20.2 Å². The summed E-state index contributed by atoms with van der Waals surface area (Å²) >= 11 is 0. The maximum atomic E-state index is 11.1. The normalized spacial score (nSPS) is 11.0. The number of hydrogen-bond acceptors (Lipinski definition) is 6. The SMILES string of the molecule is Cl.O=S(=O)([O-])c1cc(S(=O)(=O)[O-])c2ccccc2c1.[K+].[K+]. The van der Waals surface area contributed by atoms with Gasteiger partial charge in [-0.2, -0.15) is 0 Å². The first kappa shape index (κ1) is 25.3. The Morgan fingerprint density at radius 1 is 0.810 bits per heavy atom. The van der Waals surface area contributed by atoms with Crippen molar-refractivity contribution in [2.24, 2.45) is 0 Å². The molecule has 0 heterocycles. The van der Waals surface area contributed by atoms with Gasteiger partial charge in [-0.15, -0.1) is 12.4 Å². The van der Waals surface area contributed by atoms with E-state index < -0.39 is 30.0 Å². The van der Waals surface area contributed by atoms with Gasteiger partial charge in [-0.1, -0.05) is 24.3 Å². The van der Waals surface area contributed by atoms with E-state index >= 15 is 0 Å². The first-order valence-corrected chi connectivity index (χ1v) is 7.46. The van der Waals surface area contributed by atoms with Crippen LogP contribution >= 0.6 is 12.4 Å². The summed E-state index contributed by atoms with van der Waals surface area (Å²) in [6.45, 7) is 0. The quantitative estimate of drug-likeness (QED) is 0.368. The molecule has 0 aliphatic carbocycles. The van der Waals surface area contributed by atoms with Crippen molar-refractivity contribution in [1.82, 2.24) is 0 Å². The van der Waals surface area contributed by atoms with Gasteiger partial charge in [-0.25, -0.2) is 16.8 Å². The summed E-state index contributed by atoms with van der Waals surface area (Å²) in [5.74, 6) is 0. The van der Waals surface area contributed by atoms with E-state index in [1.807, 2.05) is 0 Å². The van der Waals surface area contributed by atoms with Crippen molar-refractivity contribution in [2.45, 2.75) is 9.79 Å². The average molecular weight is 401 g/mol. The molecule has 21 heavy (non-hydrogen) atoms. The summed E-state index contributed by atoms with van der Waals surface area (Å²) in [6.07, 6.45) is 0. The van der Waals surface area contributed by atoms with Crippen molar-refractivity contribution >= 4 is 43.4 Å². The predicted octanol–water partition coefficient (Wildman–Crippen LogP) is -4.92. The van der Waals surface area contributed by atoms with Crippen molar-refractivity contribution in [1.29, 1.82) is 0 Å². The molecule has 0 spiro atoms. The Kier molecular flexibility index (Phi) is 11.5. The molecule has 2 rings (SSSR count). The Bertz CT molecular complexity index is 836. The third-order valence-electron chi connectivity index (χ3n) is 2.36. The molecular formula is C10H7ClK2O6S2. The van der Waals surface area contributed by atoms with E-state index in [9.17, 15) is 25.9 Å². The van der Waals surface area contributed by atoms with Crippen molar-refractivity contribution in [3.05, 3.63) is 36.4 Å². The molecule has 0 amide bonds. The third-order valence-corrected chi connectivity index (χ3v) is 4.04. The molecule has 11 heteroatoms. The fourth-order valence-electron chi connectivity index (χ4n) is 1.60. The van der Waals surface area contributed by atoms with Gasteiger partial charge in [0.05, 0.1) is 9.79 Å². The first-order valence-electron chi connectivity index (χ1n) is 4.64. The minimum atomic E-state index is -4.87. The molecular weight excluding hydrogens is 394 g/mol. The zero-order valence-corrected chi connectivity index (χ0v) is 19.8. The average Bonchev–Trinajstić information content (AvgIpc) is 2.25. The smallest absolute Gasteiger partial charge is 0.744 e. The number of halogens is 1. The van der Waals surface area contributed by atoms with E-state index in [0.29, 0.717) is 6.07 Å². The Balaban J connectivity index is 0. The Morgan fingerprint density at radius 3 is 1.81 bits per heavy atom. The van der Waals surface area contributed by atoms with E-state index in [4.69, 9.17) is 0 Å². The molecule has 0 N–H and O–H groups in total. The van der Waals surface area contributed by atoms with Gasteiger partial charge in [0.1, 0.15) is 20.2 Å². The van der Waals surface area contributed by atoms with E-state index in [-0.39, 0.29) is 126 Å². The summed E-state index contributed by atoms with van der Waals surface area (Å²) < 4.78 is 65.9. The van der Waals surface area contributed by atoms with Crippen LogP contribution in [-0.4, -0.2) is 25.9 Å². The second-order valence-electron chi connectivity index (χ2n) is 3.55. The fourth-order valence-corrected chi connectivity index (χ4v) is 2.93. The van der Waals surface area contributed by atoms with Crippen LogP contribution in [0.15, 0.2) is 46.2 Å². The molecule has 0 aromatic heterocycles. The van der Waals surface area contributed by atoms with Crippen molar-refractivity contribution in [3.63, 3.8) is 0 Å². The molecule has 0 unspecified atom stereocenters. The summed E-state index contributed by atoms with van der Waals surface area (Å²) in [7, 11) is -9.70. The van der Waals surface area contributed by atoms with Crippen LogP contribution in [0.5, 0.6) is 0 Å². The second-order valence-corrected chi connectivity index (χ2v) is 6.28. The van der Waals surface area contributed by atoms with Crippen LogP contribution in [0.1, 0.15) is 0 Å². The summed E-state index contributed by atoms with van der Waals surface area (Å²) in [5.41, 5.74) is 0. The minimum Gasteiger partial charge on any atom is -0.744 e. The van der Waals surface area contributed by atoms with Crippen LogP contribution in [0.2, 0.25) is 0 Å². The maximum Gasteiger partial charge on any atom is 1.00 e. The van der Waals surface area contributed by atoms with Crippen LogP contribution < -0.4 is 103 Å². The summed E-state index contributed by atoms with van der Waals surface area (Å²) in [6, 6.07) is 7.44. The van der Waals surface area contributed by atoms with Crippen LogP contribution in [0.3, 0.4) is 0 Å². The number of rotatable bonds is 2. The van der Waals surface area contributed by atoms with Crippen molar-refractivity contribution < 1.29 is 129 Å². The van der Waals surface area contributed by atoms with Gasteiger partial charge in [0.15, 0.2) is 0 Å². The monoisotopic (exact) mass is 400 g/mol. The Labute approximate surface area is 213 Å². The number of fused-ring (bicyclic) bond motifs is 1. The standard InChI is InChI=1S/C10H8O6S2.ClH.2K/c11-17(12,13)8-5-7-3-1-2-4-9(7)10(6-8)18(14,15)16;;;/h1-6H,(H,11,12,13)(H,14,15,16);1H;;/q;;2*+1/p-2. The second kappa shape index (κ2) is 9.54. The van der Waals surface area contributed by atoms with Gasteiger partial charge in [0, 0.05) is 0 Å². The van der Waals surface area contributed by atoms with Gasteiger partial charge in [0.25, 0.3) is 0 Å². The van der Waals surface area contributed by atoms with Crippen LogP contribution in [0.25, 0.3) is 10.8 Å². The van der Waals surface area contributed by atoms with E-state index in [1.165, 1.54) is 24.3 Å². The largest absolute Gasteiger partial charge is 1.00 e. The Morgan fingerprint density at radius 2 is 1.33 bits per heavy atom. The minimum absolute atomic E-state index is 0. The molecule has 0 fully saturated rings. The molecule has 2 aromatic rings.